The first kappa shape index (κ1) is 18.2. The minimum atomic E-state index is -0.573. The fraction of sp³-hybridized carbons (Fsp3) is 0.438. The lowest BCUT2D eigenvalue weighted by Gasteiger charge is -2.34. The summed E-state index contributed by atoms with van der Waals surface area (Å²) in [5.74, 6) is -0.0805. The molecule has 9 heteroatoms. The molecule has 0 unspecified atom stereocenters. The molecule has 1 fully saturated rings. The van der Waals surface area contributed by atoms with Gasteiger partial charge in [-0.05, 0) is 42.8 Å². The van der Waals surface area contributed by atoms with Gasteiger partial charge in [0, 0.05) is 37.4 Å². The molecule has 1 aromatic heterocycles. The Bertz CT molecular complexity index is 761. The van der Waals surface area contributed by atoms with E-state index in [2.05, 4.69) is 15.5 Å². The molecular weight excluding hydrogens is 362 g/mol. The Morgan fingerprint density at radius 3 is 2.84 bits per heavy atom. The molecule has 2 heterocycles. The second-order valence-electron chi connectivity index (χ2n) is 6.02. The third-order valence-electron chi connectivity index (χ3n) is 4.38. The van der Waals surface area contributed by atoms with E-state index in [4.69, 9.17) is 22.1 Å². The number of nitrogens with one attached hydrogen (secondary N) is 1. The van der Waals surface area contributed by atoms with Crippen molar-refractivity contribution in [2.45, 2.75) is 22.9 Å². The van der Waals surface area contributed by atoms with Crippen LogP contribution in [-0.2, 0) is 16.6 Å². The van der Waals surface area contributed by atoms with Gasteiger partial charge in [-0.25, -0.2) is 0 Å². The highest BCUT2D eigenvalue weighted by Gasteiger charge is 2.38. The van der Waals surface area contributed by atoms with Gasteiger partial charge >= 0.3 is 0 Å². The van der Waals surface area contributed by atoms with Crippen LogP contribution in [0.5, 0.6) is 0 Å². The quantitative estimate of drug-likeness (QED) is 0.825. The summed E-state index contributed by atoms with van der Waals surface area (Å²) in [5, 5.41) is 12.1. The second kappa shape index (κ2) is 7.74. The third-order valence-corrected chi connectivity index (χ3v) is 5.94. The van der Waals surface area contributed by atoms with E-state index in [0.29, 0.717) is 43.3 Å². The van der Waals surface area contributed by atoms with Gasteiger partial charge in [0.1, 0.15) is 6.33 Å². The van der Waals surface area contributed by atoms with E-state index >= 15 is 0 Å². The summed E-state index contributed by atoms with van der Waals surface area (Å²) in [4.78, 5) is 13.5. The molecule has 1 aliphatic rings. The van der Waals surface area contributed by atoms with Crippen LogP contribution in [0.3, 0.4) is 0 Å². The lowest BCUT2D eigenvalue weighted by Crippen LogP contribution is -2.46. The lowest BCUT2D eigenvalue weighted by atomic mass is 9.79. The molecule has 3 rings (SSSR count). The number of anilines is 1. The summed E-state index contributed by atoms with van der Waals surface area (Å²) >= 11 is 7.78. The Kier molecular flexibility index (Phi) is 5.63. The van der Waals surface area contributed by atoms with Crippen LogP contribution in [0.1, 0.15) is 12.8 Å². The first-order valence-electron chi connectivity index (χ1n) is 7.95. The average molecular weight is 382 g/mol. The largest absolute Gasteiger partial charge is 0.381 e. The van der Waals surface area contributed by atoms with Crippen LogP contribution in [0, 0.1) is 5.41 Å². The average Bonchev–Trinajstić information content (AvgIpc) is 3.02. The highest BCUT2D eigenvalue weighted by Crippen LogP contribution is 2.35. The van der Waals surface area contributed by atoms with E-state index < -0.39 is 5.41 Å². The first-order chi connectivity index (χ1) is 12.0. The highest BCUT2D eigenvalue weighted by molar-refractivity contribution is 7.99. The molecule has 2 aromatic rings. The molecular formula is C16H20ClN5O2S. The van der Waals surface area contributed by atoms with Crippen molar-refractivity contribution in [1.82, 2.24) is 14.8 Å². The zero-order chi connectivity index (χ0) is 17.9. The molecule has 0 saturated carbocycles. The molecule has 25 heavy (non-hydrogen) atoms. The fourth-order valence-electron chi connectivity index (χ4n) is 2.67. The molecule has 1 aliphatic heterocycles. The van der Waals surface area contributed by atoms with Crippen molar-refractivity contribution in [2.24, 2.45) is 18.2 Å². The first-order valence-corrected chi connectivity index (χ1v) is 9.14. The van der Waals surface area contributed by atoms with Crippen molar-refractivity contribution in [3.8, 4) is 0 Å². The lowest BCUT2D eigenvalue weighted by molar-refractivity contribution is -0.130. The Morgan fingerprint density at radius 2 is 2.24 bits per heavy atom. The molecule has 134 valence electrons. The van der Waals surface area contributed by atoms with E-state index in [1.165, 1.54) is 11.8 Å². The number of aryl methyl sites for hydroxylation is 1. The van der Waals surface area contributed by atoms with Gasteiger partial charge < -0.3 is 20.4 Å². The molecule has 0 bridgehead atoms. The van der Waals surface area contributed by atoms with E-state index in [1.54, 1.807) is 12.4 Å². The van der Waals surface area contributed by atoms with Gasteiger partial charge in [0.25, 0.3) is 0 Å². The van der Waals surface area contributed by atoms with Gasteiger partial charge in [0.2, 0.25) is 5.91 Å². The van der Waals surface area contributed by atoms with Crippen LogP contribution in [0.4, 0.5) is 5.69 Å². The van der Waals surface area contributed by atoms with Crippen molar-refractivity contribution in [2.75, 3.05) is 25.1 Å². The van der Waals surface area contributed by atoms with E-state index in [1.807, 2.05) is 23.7 Å². The van der Waals surface area contributed by atoms with Gasteiger partial charge in [-0.3, -0.25) is 4.79 Å². The van der Waals surface area contributed by atoms with Crippen molar-refractivity contribution in [1.29, 1.82) is 0 Å². The molecule has 0 radical (unpaired) electrons. The predicted octanol–water partition coefficient (Wildman–Crippen LogP) is 2.31. The number of rotatable bonds is 5. The normalized spacial score (nSPS) is 16.6. The minimum absolute atomic E-state index is 0.0805. The Morgan fingerprint density at radius 1 is 1.48 bits per heavy atom. The van der Waals surface area contributed by atoms with E-state index in [9.17, 15) is 4.79 Å². The van der Waals surface area contributed by atoms with Gasteiger partial charge in [-0.2, -0.15) is 0 Å². The van der Waals surface area contributed by atoms with Crippen LogP contribution in [0.15, 0.2) is 34.6 Å². The molecule has 0 aliphatic carbocycles. The van der Waals surface area contributed by atoms with Gasteiger partial charge in [-0.1, -0.05) is 11.6 Å². The van der Waals surface area contributed by atoms with Crippen LogP contribution in [0.2, 0.25) is 5.02 Å². The SMILES string of the molecule is Cn1cnnc1Sc1ccc(NC(=O)C2(CN)CCOCC2)cc1Cl. The Balaban J connectivity index is 1.72. The summed E-state index contributed by atoms with van der Waals surface area (Å²) in [5.41, 5.74) is 5.95. The minimum Gasteiger partial charge on any atom is -0.381 e. The number of hydrogen-bond acceptors (Lipinski definition) is 6. The number of carbonyl (C=O) groups excluding carboxylic acids is 1. The van der Waals surface area contributed by atoms with Gasteiger partial charge in [-0.15, -0.1) is 10.2 Å². The molecule has 3 N–H and O–H groups in total. The summed E-state index contributed by atoms with van der Waals surface area (Å²) in [6.07, 6.45) is 2.89. The molecule has 0 spiro atoms. The number of hydrogen-bond donors (Lipinski definition) is 2. The van der Waals surface area contributed by atoms with Crippen molar-refractivity contribution in [3.63, 3.8) is 0 Å². The van der Waals surface area contributed by atoms with E-state index in [-0.39, 0.29) is 5.91 Å². The number of amides is 1. The highest BCUT2D eigenvalue weighted by atomic mass is 35.5. The molecule has 1 saturated heterocycles. The maximum atomic E-state index is 12.7. The summed E-state index contributed by atoms with van der Waals surface area (Å²) in [7, 11) is 1.87. The smallest absolute Gasteiger partial charge is 0.232 e. The fourth-order valence-corrected chi connectivity index (χ4v) is 3.74. The number of nitrogens with zero attached hydrogens (tertiary/aromatic N) is 3. The van der Waals surface area contributed by atoms with Crippen LogP contribution >= 0.6 is 23.4 Å². The second-order valence-corrected chi connectivity index (χ2v) is 7.44. The maximum Gasteiger partial charge on any atom is 0.232 e. The van der Waals surface area contributed by atoms with Crippen LogP contribution < -0.4 is 11.1 Å². The van der Waals surface area contributed by atoms with Crippen molar-refractivity contribution < 1.29 is 9.53 Å². The summed E-state index contributed by atoms with van der Waals surface area (Å²) < 4.78 is 7.16. The number of ether oxygens (including phenoxy) is 1. The summed E-state index contributed by atoms with van der Waals surface area (Å²) in [6, 6.07) is 5.42. The van der Waals surface area contributed by atoms with Crippen LogP contribution in [-0.4, -0.2) is 40.4 Å². The molecule has 1 aromatic carbocycles. The maximum absolute atomic E-state index is 12.7. The molecule has 7 nitrogen and oxygen atoms in total. The van der Waals surface area contributed by atoms with Crippen molar-refractivity contribution in [3.05, 3.63) is 29.5 Å². The number of nitrogens with two attached hydrogens (primary N) is 1. The zero-order valence-electron chi connectivity index (χ0n) is 13.9. The van der Waals surface area contributed by atoms with Crippen molar-refractivity contribution >= 4 is 35.0 Å². The number of benzene rings is 1. The standard InChI is InChI=1S/C16H20ClN5O2S/c1-22-10-19-21-15(22)25-13-3-2-11(8-12(13)17)20-14(23)16(9-18)4-6-24-7-5-16/h2-3,8,10H,4-7,9,18H2,1H3,(H,20,23). The number of carbonyl (C=O) groups is 1. The molecule has 0 atom stereocenters. The monoisotopic (exact) mass is 381 g/mol. The topological polar surface area (TPSA) is 95.1 Å². The predicted molar refractivity (Wildman–Crippen MR) is 96.7 cm³/mol. The number of halogens is 1. The van der Waals surface area contributed by atoms with Gasteiger partial charge in [0.05, 0.1) is 10.4 Å². The van der Waals surface area contributed by atoms with Gasteiger partial charge in [0.15, 0.2) is 5.16 Å². The zero-order valence-corrected chi connectivity index (χ0v) is 15.4. The summed E-state index contributed by atoms with van der Waals surface area (Å²) in [6.45, 7) is 1.41. The number of aromatic nitrogens is 3. The molecule has 1 amide bonds. The Labute approximate surface area is 155 Å². The third kappa shape index (κ3) is 3.98. The van der Waals surface area contributed by atoms with E-state index in [0.717, 1.165) is 10.1 Å². The van der Waals surface area contributed by atoms with Crippen LogP contribution in [0.25, 0.3) is 0 Å². The Hall–Kier alpha value is -1.61.